The molecule has 0 bridgehead atoms. The van der Waals surface area contributed by atoms with Crippen molar-refractivity contribution in [3.8, 4) is 0 Å². The minimum absolute atomic E-state index is 0.00861. The minimum atomic E-state index is -0.806. The molecule has 6 aromatic carbocycles. The summed E-state index contributed by atoms with van der Waals surface area (Å²) in [7, 11) is 0. The lowest BCUT2D eigenvalue weighted by atomic mass is 10.1. The van der Waals surface area contributed by atoms with E-state index in [0.717, 1.165) is 124 Å². The maximum Gasteiger partial charge on any atom is 0.259 e. The lowest BCUT2D eigenvalue weighted by Crippen LogP contribution is -2.42. The van der Waals surface area contributed by atoms with Gasteiger partial charge in [-0.25, -0.2) is 32.5 Å². The number of anilines is 6. The number of amides is 6. The van der Waals surface area contributed by atoms with Crippen LogP contribution in [0.15, 0.2) is 181 Å². The van der Waals surface area contributed by atoms with Crippen LogP contribution in [0.2, 0.25) is 10.0 Å². The second-order valence-electron chi connectivity index (χ2n) is 22.4. The van der Waals surface area contributed by atoms with E-state index in [9.17, 15) is 46.3 Å². The molecule has 29 heteroatoms. The Morgan fingerprint density at radius 2 is 0.730 bits per heavy atom. The smallest absolute Gasteiger partial charge is 0.259 e. The molecular weight excluding hydrogens is 1420 g/mol. The van der Waals surface area contributed by atoms with E-state index in [-0.39, 0.29) is 62.6 Å². The van der Waals surface area contributed by atoms with Crippen LogP contribution in [0.3, 0.4) is 0 Å². The number of hydrogen-bond donors (Lipinski definition) is 9. The predicted octanol–water partition coefficient (Wildman–Crippen LogP) is 14.2. The zero-order valence-electron chi connectivity index (χ0n) is 52.7. The molecule has 0 spiro atoms. The topological polar surface area (TPSA) is 295 Å². The number of hydrogen-bond acceptors (Lipinski definition) is 13. The Kier molecular flexibility index (Phi) is 24.1. The molecular formula is C71H60BrCl2F4N15O6S. The fourth-order valence-corrected chi connectivity index (χ4v) is 11.5. The van der Waals surface area contributed by atoms with Crippen LogP contribution in [0.5, 0.6) is 0 Å². The summed E-state index contributed by atoms with van der Waals surface area (Å²) in [5.41, 5.74) is 2.32. The van der Waals surface area contributed by atoms with Crippen molar-refractivity contribution in [2.45, 2.75) is 19.3 Å². The van der Waals surface area contributed by atoms with E-state index >= 15 is 0 Å². The Labute approximate surface area is 593 Å². The molecule has 12 rings (SSSR count). The summed E-state index contributed by atoms with van der Waals surface area (Å²) in [6.45, 7) is 4.87. The standard InChI is InChI=1S/C24H20BrF2N5O2.C24H21ClFN5O2S.C23H19ClFN5O2/c25-15-4-8-21(29-13-15)31-24(34)18-12-16(26)5-7-20(18)30-23(33)17-6-3-14(11-19(17)27)22(28)32-9-1-2-10-32;25-17-5-8-21(28-14-17)30-24(33)19-13-18(26)6-7-20(19)29-23(32)16-3-1-15(2-4-16)22(27)31-9-11-34-12-10-31;24-16-6-9-20(27-13-16)29-23(32)18-12-17(25)7-8-19(18)28-22(31)15-4-2-14(3-5-15)21(26)30-10-1-11-30/h3-8,11-13,28H,1-2,9-10H2,(H,30,33)(H,29,31,34);1-8,13-14,27H,9-12H2,(H,29,32)(H,28,30,33);2-9,12-13,26H,1,10-11H2,(H,28,31)(H,27,29,32). The molecule has 100 heavy (non-hydrogen) atoms. The molecule has 3 fully saturated rings. The highest BCUT2D eigenvalue weighted by molar-refractivity contribution is 9.10. The second-order valence-corrected chi connectivity index (χ2v) is 25.4. The maximum atomic E-state index is 14.8. The molecule has 6 heterocycles. The molecule has 0 atom stereocenters. The Balaban J connectivity index is 0.000000162. The number of nitrogens with one attached hydrogen (secondary N) is 9. The highest BCUT2D eigenvalue weighted by Gasteiger charge is 2.25. The number of carbonyl (C=O) groups excluding carboxylic acids is 6. The van der Waals surface area contributed by atoms with Crippen LogP contribution in [0.1, 0.15) is 98.1 Å². The van der Waals surface area contributed by atoms with Crippen LogP contribution in [0, 0.1) is 39.5 Å². The Morgan fingerprint density at radius 3 is 1.10 bits per heavy atom. The van der Waals surface area contributed by atoms with Gasteiger partial charge in [0, 0.05) is 102 Å². The van der Waals surface area contributed by atoms with Gasteiger partial charge in [-0.05, 0) is 163 Å². The van der Waals surface area contributed by atoms with Gasteiger partial charge in [-0.15, -0.1) is 0 Å². The van der Waals surface area contributed by atoms with Crippen LogP contribution in [-0.2, 0) is 0 Å². The van der Waals surface area contributed by atoms with Gasteiger partial charge in [-0.3, -0.25) is 45.0 Å². The molecule has 6 amide bonds. The highest BCUT2D eigenvalue weighted by atomic mass is 79.9. The molecule has 21 nitrogen and oxygen atoms in total. The van der Waals surface area contributed by atoms with Crippen molar-refractivity contribution in [3.63, 3.8) is 0 Å². The molecule has 3 aliphatic rings. The average molecular weight is 1480 g/mol. The highest BCUT2D eigenvalue weighted by Crippen LogP contribution is 2.27. The average Bonchev–Trinajstić information content (AvgIpc) is 1.06. The van der Waals surface area contributed by atoms with Crippen molar-refractivity contribution in [2.24, 2.45) is 0 Å². The van der Waals surface area contributed by atoms with E-state index in [2.05, 4.69) is 62.8 Å². The van der Waals surface area contributed by atoms with E-state index < -0.39 is 58.7 Å². The summed E-state index contributed by atoms with van der Waals surface area (Å²) in [5, 5.41) is 41.1. The van der Waals surface area contributed by atoms with Gasteiger partial charge in [-0.1, -0.05) is 53.5 Å². The summed E-state index contributed by atoms with van der Waals surface area (Å²) < 4.78 is 57.1. The Morgan fingerprint density at radius 1 is 0.380 bits per heavy atom. The van der Waals surface area contributed by atoms with Gasteiger partial charge in [0.1, 0.15) is 58.2 Å². The van der Waals surface area contributed by atoms with E-state index in [0.29, 0.717) is 42.9 Å². The molecule has 3 saturated heterocycles. The van der Waals surface area contributed by atoms with Crippen molar-refractivity contribution in [1.29, 1.82) is 16.2 Å². The predicted molar refractivity (Wildman–Crippen MR) is 383 cm³/mol. The molecule has 3 aromatic heterocycles. The minimum Gasteiger partial charge on any atom is -0.357 e. The van der Waals surface area contributed by atoms with Gasteiger partial charge in [0.15, 0.2) is 0 Å². The number of halogens is 7. The SMILES string of the molecule is N=C(c1ccc(C(=O)Nc2ccc(F)cc2C(=O)Nc2ccc(Br)cn2)c(F)c1)N1CCCC1.N=C(c1ccc(C(=O)Nc2ccc(F)cc2C(=O)Nc2ccc(Cl)cn2)cc1)N1CCC1.N=C(c1ccc(C(=O)Nc2ccc(F)cc2C(=O)Nc2ccc(Cl)cn2)cc1)N1CCSCC1. The van der Waals surface area contributed by atoms with E-state index in [1.54, 1.807) is 72.8 Å². The monoisotopic (exact) mass is 1480 g/mol. The van der Waals surface area contributed by atoms with Gasteiger partial charge >= 0.3 is 0 Å². The maximum absolute atomic E-state index is 14.8. The van der Waals surface area contributed by atoms with Gasteiger partial charge < -0.3 is 46.6 Å². The van der Waals surface area contributed by atoms with E-state index in [1.165, 1.54) is 61.1 Å². The number of likely N-dealkylation sites (tertiary alicyclic amines) is 2. The van der Waals surface area contributed by atoms with Crippen LogP contribution in [0.25, 0.3) is 0 Å². The lowest BCUT2D eigenvalue weighted by Gasteiger charge is -2.33. The molecule has 0 radical (unpaired) electrons. The van der Waals surface area contributed by atoms with Crippen molar-refractivity contribution in [1.82, 2.24) is 29.7 Å². The first-order chi connectivity index (χ1) is 48.1. The van der Waals surface area contributed by atoms with Crippen molar-refractivity contribution >= 4 is 138 Å². The van der Waals surface area contributed by atoms with Crippen molar-refractivity contribution in [2.75, 3.05) is 82.7 Å². The molecule has 0 aliphatic carbocycles. The van der Waals surface area contributed by atoms with Crippen molar-refractivity contribution in [3.05, 3.63) is 264 Å². The molecule has 9 N–H and O–H groups in total. The van der Waals surface area contributed by atoms with Crippen LogP contribution in [0.4, 0.5) is 52.1 Å². The van der Waals surface area contributed by atoms with Crippen LogP contribution < -0.4 is 31.9 Å². The molecule has 3 aliphatic heterocycles. The fourth-order valence-electron chi connectivity index (χ4n) is 10.1. The summed E-state index contributed by atoms with van der Waals surface area (Å²) in [4.78, 5) is 94.3. The lowest BCUT2D eigenvalue weighted by molar-refractivity contribution is 0.100. The van der Waals surface area contributed by atoms with Crippen molar-refractivity contribution < 1.29 is 46.3 Å². The zero-order chi connectivity index (χ0) is 71.0. The Bertz CT molecular complexity index is 4570. The summed E-state index contributed by atoms with van der Waals surface area (Å²) in [6, 6.07) is 37.0. The third kappa shape index (κ3) is 19.1. The van der Waals surface area contributed by atoms with E-state index in [4.69, 9.17) is 39.4 Å². The number of rotatable bonds is 15. The summed E-state index contributed by atoms with van der Waals surface area (Å²) in [6.07, 6.45) is 7.27. The third-order valence-corrected chi connectivity index (χ3v) is 17.4. The van der Waals surface area contributed by atoms with Gasteiger partial charge in [0.2, 0.25) is 0 Å². The third-order valence-electron chi connectivity index (χ3n) is 15.6. The number of pyridine rings is 3. The summed E-state index contributed by atoms with van der Waals surface area (Å²) >= 11 is 16.7. The molecule has 9 aromatic rings. The zero-order valence-corrected chi connectivity index (χ0v) is 56.6. The normalized spacial score (nSPS) is 13.0. The number of nitrogens with zero attached hydrogens (tertiary/aromatic N) is 6. The first-order valence-corrected chi connectivity index (χ1v) is 33.5. The number of benzene rings is 6. The number of amidine groups is 3. The van der Waals surface area contributed by atoms with Crippen LogP contribution in [-0.4, -0.2) is 133 Å². The van der Waals surface area contributed by atoms with Gasteiger partial charge in [-0.2, -0.15) is 11.8 Å². The first kappa shape index (κ1) is 71.9. The van der Waals surface area contributed by atoms with Gasteiger partial charge in [0.05, 0.1) is 49.4 Å². The fraction of sp³-hybridized carbons (Fsp3) is 0.155. The largest absolute Gasteiger partial charge is 0.357 e. The molecule has 0 saturated carbocycles. The van der Waals surface area contributed by atoms with Crippen LogP contribution >= 0.6 is 50.9 Å². The number of thioether (sulfide) groups is 1. The first-order valence-electron chi connectivity index (χ1n) is 30.8. The number of carbonyl (C=O) groups is 6. The van der Waals surface area contributed by atoms with Gasteiger partial charge in [0.25, 0.3) is 35.4 Å². The Hall–Kier alpha value is -10.9. The second kappa shape index (κ2) is 33.6. The molecule has 510 valence electrons. The summed E-state index contributed by atoms with van der Waals surface area (Å²) in [5.74, 6) is -2.64. The molecule has 0 unspecified atom stereocenters. The number of aromatic nitrogens is 3. The van der Waals surface area contributed by atoms with E-state index in [1.807, 2.05) is 26.5 Å². The quantitative estimate of drug-likeness (QED) is 0.0262.